The minimum atomic E-state index is -0.321. The van der Waals surface area contributed by atoms with Gasteiger partial charge >= 0.3 is 0 Å². The summed E-state index contributed by atoms with van der Waals surface area (Å²) in [7, 11) is 0. The van der Waals surface area contributed by atoms with Crippen molar-refractivity contribution in [3.63, 3.8) is 0 Å². The topological polar surface area (TPSA) is 56.1 Å². The van der Waals surface area contributed by atoms with Crippen molar-refractivity contribution in [2.24, 2.45) is 5.10 Å². The van der Waals surface area contributed by atoms with E-state index in [2.05, 4.69) is 17.2 Å². The molecule has 2 aromatic heterocycles. The minimum absolute atomic E-state index is 0.0130. The van der Waals surface area contributed by atoms with Gasteiger partial charge < -0.3 is 5.11 Å². The van der Waals surface area contributed by atoms with E-state index in [0.717, 1.165) is 36.4 Å². The summed E-state index contributed by atoms with van der Waals surface area (Å²) in [6.07, 6.45) is 2.20. The van der Waals surface area contributed by atoms with Crippen LogP contribution in [0.4, 0.5) is 0 Å². The fourth-order valence-electron chi connectivity index (χ4n) is 3.47. The predicted octanol–water partition coefficient (Wildman–Crippen LogP) is 2.94. The molecule has 4 rings (SSSR count). The molecule has 0 spiro atoms. The average molecular weight is 376 g/mol. The van der Waals surface area contributed by atoms with Gasteiger partial charge in [0.25, 0.3) is 5.91 Å². The summed E-state index contributed by atoms with van der Waals surface area (Å²) in [5.41, 5.74) is 0.987. The van der Waals surface area contributed by atoms with Crippen LogP contribution in [0.1, 0.15) is 35.1 Å². The lowest BCUT2D eigenvalue weighted by molar-refractivity contribution is -0.134. The van der Waals surface area contributed by atoms with E-state index in [4.69, 9.17) is 0 Å². The third-order valence-corrected chi connectivity index (χ3v) is 6.58. The molecule has 1 amide bonds. The highest BCUT2D eigenvalue weighted by Crippen LogP contribution is 2.36. The van der Waals surface area contributed by atoms with Crippen LogP contribution in [0.2, 0.25) is 0 Å². The predicted molar refractivity (Wildman–Crippen MR) is 101 cm³/mol. The molecule has 2 atom stereocenters. The number of β-amino-alcohol motifs (C(OH)–C–C–N with tert-alkyl or cyclic N) is 1. The number of aliphatic hydroxyl groups excluding tert-OH is 1. The highest BCUT2D eigenvalue weighted by atomic mass is 32.1. The van der Waals surface area contributed by atoms with Gasteiger partial charge in [-0.2, -0.15) is 5.10 Å². The van der Waals surface area contributed by atoms with Gasteiger partial charge in [0.05, 0.1) is 29.3 Å². The third kappa shape index (κ3) is 3.69. The summed E-state index contributed by atoms with van der Waals surface area (Å²) in [6.45, 7) is 1.76. The van der Waals surface area contributed by atoms with Crippen molar-refractivity contribution in [2.75, 3.05) is 19.6 Å². The molecule has 2 aliphatic rings. The van der Waals surface area contributed by atoms with Gasteiger partial charge in [0.2, 0.25) is 0 Å². The van der Waals surface area contributed by atoms with Crippen LogP contribution in [0, 0.1) is 0 Å². The Bertz CT molecular complexity index is 742. The number of thiophene rings is 2. The molecule has 4 heterocycles. The van der Waals surface area contributed by atoms with Crippen molar-refractivity contribution in [2.45, 2.75) is 31.4 Å². The minimum Gasteiger partial charge on any atom is -0.392 e. The van der Waals surface area contributed by atoms with Crippen molar-refractivity contribution in [1.82, 2.24) is 9.91 Å². The Balaban J connectivity index is 1.54. The van der Waals surface area contributed by atoms with Gasteiger partial charge in [0.1, 0.15) is 0 Å². The normalized spacial score (nSPS) is 24.5. The molecule has 1 N–H and O–H groups in total. The number of aliphatic hydroxyl groups is 1. The first-order chi connectivity index (χ1) is 12.2. The van der Waals surface area contributed by atoms with E-state index >= 15 is 0 Å². The highest BCUT2D eigenvalue weighted by molar-refractivity contribution is 7.12. The maximum absolute atomic E-state index is 12.9. The van der Waals surface area contributed by atoms with Crippen molar-refractivity contribution >= 4 is 34.3 Å². The number of nitrogens with zero attached hydrogens (tertiary/aromatic N) is 3. The zero-order chi connectivity index (χ0) is 17.2. The number of hydrazone groups is 1. The Morgan fingerprint density at radius 1 is 1.28 bits per heavy atom. The lowest BCUT2D eigenvalue weighted by Crippen LogP contribution is -2.44. The Morgan fingerprint density at radius 3 is 2.84 bits per heavy atom. The van der Waals surface area contributed by atoms with Crippen LogP contribution in [0.5, 0.6) is 0 Å². The lowest BCUT2D eigenvalue weighted by atomic mass is 10.1. The number of amides is 1. The monoisotopic (exact) mass is 375 g/mol. The largest absolute Gasteiger partial charge is 0.392 e. The smallest absolute Gasteiger partial charge is 0.257 e. The van der Waals surface area contributed by atoms with E-state index in [1.54, 1.807) is 27.7 Å². The summed E-state index contributed by atoms with van der Waals surface area (Å²) in [5.74, 6) is 0.0130. The number of piperidine rings is 1. The van der Waals surface area contributed by atoms with Gasteiger partial charge in [-0.1, -0.05) is 12.1 Å². The van der Waals surface area contributed by atoms with Gasteiger partial charge in [0.15, 0.2) is 0 Å². The Morgan fingerprint density at radius 2 is 2.12 bits per heavy atom. The van der Waals surface area contributed by atoms with E-state index in [9.17, 15) is 9.90 Å². The summed E-state index contributed by atoms with van der Waals surface area (Å²) in [6, 6.07) is 8.16. The second kappa shape index (κ2) is 7.37. The zero-order valence-electron chi connectivity index (χ0n) is 13.9. The van der Waals surface area contributed by atoms with E-state index < -0.39 is 0 Å². The van der Waals surface area contributed by atoms with Crippen molar-refractivity contribution in [3.05, 3.63) is 44.8 Å². The molecule has 0 aromatic carbocycles. The number of hydrogen-bond donors (Lipinski definition) is 1. The summed E-state index contributed by atoms with van der Waals surface area (Å²) in [4.78, 5) is 17.3. The van der Waals surface area contributed by atoms with Crippen molar-refractivity contribution in [3.8, 4) is 0 Å². The molecule has 7 heteroatoms. The van der Waals surface area contributed by atoms with Gasteiger partial charge in [-0.25, -0.2) is 5.01 Å². The summed E-state index contributed by atoms with van der Waals surface area (Å²) >= 11 is 3.33. The van der Waals surface area contributed by atoms with Gasteiger partial charge in [0, 0.05) is 17.8 Å². The van der Waals surface area contributed by atoms with Crippen LogP contribution in [-0.4, -0.2) is 52.4 Å². The van der Waals surface area contributed by atoms with E-state index in [0.29, 0.717) is 13.1 Å². The van der Waals surface area contributed by atoms with E-state index in [-0.39, 0.29) is 18.1 Å². The van der Waals surface area contributed by atoms with Crippen LogP contribution in [-0.2, 0) is 4.79 Å². The number of likely N-dealkylation sites (tertiary alicyclic amines) is 1. The van der Waals surface area contributed by atoms with Crippen LogP contribution in [0.15, 0.2) is 40.1 Å². The molecule has 2 aromatic rings. The first kappa shape index (κ1) is 16.9. The van der Waals surface area contributed by atoms with Crippen molar-refractivity contribution in [1.29, 1.82) is 0 Å². The molecule has 2 aliphatic heterocycles. The van der Waals surface area contributed by atoms with Crippen LogP contribution >= 0.6 is 22.7 Å². The SMILES string of the molecule is O=C(CN1CCCC(O)C1)N1N=C(c2cccs2)CC1c1cccs1. The third-order valence-electron chi connectivity index (χ3n) is 4.68. The number of rotatable bonds is 4. The Labute approximate surface area is 155 Å². The number of carbonyl (C=O) groups excluding carboxylic acids is 1. The average Bonchev–Trinajstić information content (AvgIpc) is 3.34. The Kier molecular flexibility index (Phi) is 4.98. The molecule has 2 unspecified atom stereocenters. The van der Waals surface area contributed by atoms with Crippen LogP contribution in [0.25, 0.3) is 0 Å². The lowest BCUT2D eigenvalue weighted by Gasteiger charge is -2.31. The van der Waals surface area contributed by atoms with E-state index in [1.165, 1.54) is 4.88 Å². The fourth-order valence-corrected chi connectivity index (χ4v) is 5.01. The summed E-state index contributed by atoms with van der Waals surface area (Å²) in [5, 5.41) is 20.3. The maximum Gasteiger partial charge on any atom is 0.257 e. The molecule has 0 bridgehead atoms. The second-order valence-electron chi connectivity index (χ2n) is 6.53. The zero-order valence-corrected chi connectivity index (χ0v) is 15.5. The van der Waals surface area contributed by atoms with Gasteiger partial charge in [-0.15, -0.1) is 22.7 Å². The molecule has 1 fully saturated rings. The van der Waals surface area contributed by atoms with Gasteiger partial charge in [-0.05, 0) is 42.3 Å². The standard InChI is InChI=1S/C18H21N3O2S2/c22-13-4-1-7-20(11-13)12-18(23)21-15(17-6-3-9-25-17)10-14(19-21)16-5-2-8-24-16/h2-3,5-6,8-9,13,15,22H,1,4,7,10-12H2. The fraction of sp³-hybridized carbons (Fsp3) is 0.444. The second-order valence-corrected chi connectivity index (χ2v) is 8.46. The Hall–Kier alpha value is -1.54. The molecule has 0 radical (unpaired) electrons. The quantitative estimate of drug-likeness (QED) is 0.894. The molecule has 132 valence electrons. The van der Waals surface area contributed by atoms with Gasteiger partial charge in [-0.3, -0.25) is 9.69 Å². The van der Waals surface area contributed by atoms with Crippen molar-refractivity contribution < 1.29 is 9.90 Å². The molecule has 0 saturated carbocycles. The number of hydrogen-bond acceptors (Lipinski definition) is 6. The molecule has 1 saturated heterocycles. The molecular weight excluding hydrogens is 354 g/mol. The first-order valence-electron chi connectivity index (χ1n) is 8.58. The first-order valence-corrected chi connectivity index (χ1v) is 10.3. The highest BCUT2D eigenvalue weighted by Gasteiger charge is 2.35. The van der Waals surface area contributed by atoms with E-state index in [1.807, 2.05) is 27.8 Å². The maximum atomic E-state index is 12.9. The van der Waals surface area contributed by atoms with Crippen LogP contribution < -0.4 is 0 Å². The molecule has 0 aliphatic carbocycles. The summed E-state index contributed by atoms with van der Waals surface area (Å²) < 4.78 is 0. The number of carbonyl (C=O) groups is 1. The molecule has 5 nitrogen and oxygen atoms in total. The van der Waals surface area contributed by atoms with Crippen LogP contribution in [0.3, 0.4) is 0 Å². The molecule has 25 heavy (non-hydrogen) atoms. The molecular formula is C18H21N3O2S2.